The second-order valence-electron chi connectivity index (χ2n) is 9.49. The quantitative estimate of drug-likeness (QED) is 0.401. The topological polar surface area (TPSA) is 113 Å². The molecule has 2 aromatic rings. The third kappa shape index (κ3) is 2.35. The lowest BCUT2D eigenvalue weighted by molar-refractivity contribution is -0.385. The van der Waals surface area contributed by atoms with E-state index in [2.05, 4.69) is 5.32 Å². The van der Waals surface area contributed by atoms with Gasteiger partial charge in [0.2, 0.25) is 11.8 Å². The summed E-state index contributed by atoms with van der Waals surface area (Å²) in [5.41, 5.74) is 0.878. The van der Waals surface area contributed by atoms with Crippen molar-refractivity contribution in [3.05, 3.63) is 62.2 Å². The van der Waals surface area contributed by atoms with Gasteiger partial charge in [0, 0.05) is 17.7 Å². The van der Waals surface area contributed by atoms with Crippen LogP contribution >= 0.6 is 11.6 Å². The van der Waals surface area contributed by atoms with E-state index in [1.165, 1.54) is 19.1 Å². The van der Waals surface area contributed by atoms with Gasteiger partial charge in [0.1, 0.15) is 5.54 Å². The number of benzene rings is 2. The van der Waals surface area contributed by atoms with E-state index >= 15 is 0 Å². The van der Waals surface area contributed by atoms with Gasteiger partial charge in [-0.1, -0.05) is 23.7 Å². The normalized spacial score (nSPS) is 29.6. The third-order valence-electron chi connectivity index (χ3n) is 7.91. The zero-order chi connectivity index (χ0) is 24.1. The predicted octanol–water partition coefficient (Wildman–Crippen LogP) is 3.30. The number of halogens is 1. The Balaban J connectivity index is 1.57. The van der Waals surface area contributed by atoms with Gasteiger partial charge in [-0.3, -0.25) is 29.4 Å². The molecular formula is C24H21ClN4O5. The molecule has 3 saturated heterocycles. The first-order valence-corrected chi connectivity index (χ1v) is 11.6. The molecule has 6 rings (SSSR count). The highest BCUT2D eigenvalue weighted by Crippen LogP contribution is 2.61. The molecule has 0 aromatic heterocycles. The van der Waals surface area contributed by atoms with Crippen molar-refractivity contribution in [2.75, 3.05) is 16.8 Å². The van der Waals surface area contributed by atoms with E-state index in [9.17, 15) is 24.5 Å². The SMILES string of the molecule is Cc1cc(Cl)c2c(c1)[C@]1(C(=O)N2)[C@@H]2C(=O)N(c3cccc([N+](=O)[O-])c3C)C(=O)[C@@H]2[C@@H]2CCCN21. The Hall–Kier alpha value is -3.30. The van der Waals surface area contributed by atoms with Gasteiger partial charge in [0.15, 0.2) is 0 Å². The maximum Gasteiger partial charge on any atom is 0.274 e. The number of aryl methyl sites for hydroxylation is 1. The molecule has 0 radical (unpaired) electrons. The molecule has 0 saturated carbocycles. The lowest BCUT2D eigenvalue weighted by Gasteiger charge is -2.37. The van der Waals surface area contributed by atoms with Crippen molar-refractivity contribution in [3.8, 4) is 0 Å². The van der Waals surface area contributed by atoms with Crippen LogP contribution in [0.1, 0.15) is 29.5 Å². The van der Waals surface area contributed by atoms with Crippen LogP contribution in [0.15, 0.2) is 30.3 Å². The molecule has 10 heteroatoms. The summed E-state index contributed by atoms with van der Waals surface area (Å²) in [6, 6.07) is 7.71. The molecule has 4 atom stereocenters. The number of hydrogen-bond donors (Lipinski definition) is 1. The van der Waals surface area contributed by atoms with Gasteiger partial charge in [-0.15, -0.1) is 0 Å². The molecule has 0 unspecified atom stereocenters. The summed E-state index contributed by atoms with van der Waals surface area (Å²) in [7, 11) is 0. The van der Waals surface area contributed by atoms with E-state index in [4.69, 9.17) is 11.6 Å². The molecule has 9 nitrogen and oxygen atoms in total. The highest BCUT2D eigenvalue weighted by atomic mass is 35.5. The molecule has 1 N–H and O–H groups in total. The zero-order valence-electron chi connectivity index (χ0n) is 18.5. The largest absolute Gasteiger partial charge is 0.323 e. The molecule has 0 aliphatic carbocycles. The maximum absolute atomic E-state index is 14.0. The van der Waals surface area contributed by atoms with Crippen LogP contribution in [-0.4, -0.2) is 40.1 Å². The van der Waals surface area contributed by atoms with Gasteiger partial charge in [-0.2, -0.15) is 0 Å². The van der Waals surface area contributed by atoms with Crippen molar-refractivity contribution in [2.24, 2.45) is 11.8 Å². The second-order valence-corrected chi connectivity index (χ2v) is 9.89. The molecule has 3 fully saturated rings. The van der Waals surface area contributed by atoms with Crippen LogP contribution in [0.2, 0.25) is 5.02 Å². The van der Waals surface area contributed by atoms with Gasteiger partial charge in [-0.25, -0.2) is 4.90 Å². The average molecular weight is 481 g/mol. The van der Waals surface area contributed by atoms with Crippen LogP contribution in [0.5, 0.6) is 0 Å². The zero-order valence-corrected chi connectivity index (χ0v) is 19.3. The Morgan fingerprint density at radius 3 is 2.68 bits per heavy atom. The lowest BCUT2D eigenvalue weighted by atomic mass is 9.75. The summed E-state index contributed by atoms with van der Waals surface area (Å²) >= 11 is 6.49. The number of carbonyl (C=O) groups is 3. The Bertz CT molecular complexity index is 1340. The monoisotopic (exact) mass is 480 g/mol. The molecule has 4 aliphatic rings. The van der Waals surface area contributed by atoms with Crippen molar-refractivity contribution < 1.29 is 19.3 Å². The number of nitro groups is 1. The summed E-state index contributed by atoms with van der Waals surface area (Å²) in [5.74, 6) is -2.93. The van der Waals surface area contributed by atoms with Crippen LogP contribution in [0.4, 0.5) is 17.1 Å². The summed E-state index contributed by atoms with van der Waals surface area (Å²) in [6.45, 7) is 3.99. The number of rotatable bonds is 2. The van der Waals surface area contributed by atoms with Gasteiger partial charge >= 0.3 is 0 Å². The standard InChI is InChI=1S/C24H21ClN4O5/c1-11-9-13-20(14(25)10-11)26-23(32)24(13)19-18(17-7-4-8-27(17)24)21(30)28(22(19)31)15-5-3-6-16(12(15)2)29(33)34/h3,5-6,9-10,17-19H,4,7-8H2,1-2H3,(H,26,32)/t17-,18+,19-,24+/m0/s1. The number of fused-ring (bicyclic) bond motifs is 7. The lowest BCUT2D eigenvalue weighted by Crippen LogP contribution is -2.54. The van der Waals surface area contributed by atoms with Crippen LogP contribution in [-0.2, 0) is 19.9 Å². The number of carbonyl (C=O) groups excluding carboxylic acids is 3. The first-order chi connectivity index (χ1) is 16.2. The first kappa shape index (κ1) is 21.2. The van der Waals surface area contributed by atoms with E-state index in [-0.39, 0.29) is 28.9 Å². The minimum absolute atomic E-state index is 0.168. The Labute approximate surface area is 199 Å². The molecule has 1 spiro atoms. The molecular weight excluding hydrogens is 460 g/mol. The third-order valence-corrected chi connectivity index (χ3v) is 8.21. The van der Waals surface area contributed by atoms with Crippen molar-refractivity contribution in [3.63, 3.8) is 0 Å². The Morgan fingerprint density at radius 1 is 1.18 bits per heavy atom. The number of amides is 3. The average Bonchev–Trinajstić information content (AvgIpc) is 3.48. The molecule has 4 heterocycles. The van der Waals surface area contributed by atoms with E-state index in [0.717, 1.165) is 16.9 Å². The number of imide groups is 1. The fraction of sp³-hybridized carbons (Fsp3) is 0.375. The summed E-state index contributed by atoms with van der Waals surface area (Å²) in [5, 5.41) is 14.8. The summed E-state index contributed by atoms with van der Waals surface area (Å²) in [4.78, 5) is 55.6. The highest BCUT2D eigenvalue weighted by Gasteiger charge is 2.75. The smallest absolute Gasteiger partial charge is 0.274 e. The van der Waals surface area contributed by atoms with Crippen LogP contribution in [0.25, 0.3) is 0 Å². The molecule has 174 valence electrons. The van der Waals surface area contributed by atoms with Crippen molar-refractivity contribution in [1.29, 1.82) is 0 Å². The number of nitrogens with one attached hydrogen (secondary N) is 1. The molecule has 2 aromatic carbocycles. The predicted molar refractivity (Wildman–Crippen MR) is 124 cm³/mol. The molecule has 0 bridgehead atoms. The van der Waals surface area contributed by atoms with Gasteiger partial charge in [0.25, 0.3) is 11.6 Å². The number of nitro benzene ring substituents is 1. The highest BCUT2D eigenvalue weighted by molar-refractivity contribution is 6.35. The van der Waals surface area contributed by atoms with E-state index < -0.39 is 34.1 Å². The Morgan fingerprint density at radius 2 is 1.94 bits per heavy atom. The summed E-state index contributed by atoms with van der Waals surface area (Å²) in [6.07, 6.45) is 1.49. The number of nitrogens with zero attached hydrogens (tertiary/aromatic N) is 3. The fourth-order valence-corrected chi connectivity index (χ4v) is 7.01. The second kappa shape index (κ2) is 6.86. The maximum atomic E-state index is 14.0. The van der Waals surface area contributed by atoms with Crippen LogP contribution in [0, 0.1) is 35.8 Å². The van der Waals surface area contributed by atoms with E-state index in [1.807, 2.05) is 17.9 Å². The Kier molecular flexibility index (Phi) is 4.29. The fourth-order valence-electron chi connectivity index (χ4n) is 6.68. The van der Waals surface area contributed by atoms with E-state index in [1.54, 1.807) is 12.1 Å². The van der Waals surface area contributed by atoms with Crippen LogP contribution in [0.3, 0.4) is 0 Å². The van der Waals surface area contributed by atoms with Gasteiger partial charge in [0.05, 0.1) is 38.7 Å². The molecule has 4 aliphatic heterocycles. The molecule has 34 heavy (non-hydrogen) atoms. The van der Waals surface area contributed by atoms with E-state index in [0.29, 0.717) is 29.2 Å². The van der Waals surface area contributed by atoms with Gasteiger partial charge < -0.3 is 5.32 Å². The van der Waals surface area contributed by atoms with Crippen molar-refractivity contribution in [2.45, 2.75) is 38.3 Å². The minimum Gasteiger partial charge on any atom is -0.323 e. The van der Waals surface area contributed by atoms with Gasteiger partial charge in [-0.05, 0) is 50.9 Å². The molecule has 3 amide bonds. The number of anilines is 2. The number of hydrogen-bond acceptors (Lipinski definition) is 6. The van der Waals surface area contributed by atoms with Crippen LogP contribution < -0.4 is 10.2 Å². The first-order valence-electron chi connectivity index (χ1n) is 11.2. The summed E-state index contributed by atoms with van der Waals surface area (Å²) < 4.78 is 0. The van der Waals surface area contributed by atoms with Crippen molar-refractivity contribution in [1.82, 2.24) is 4.90 Å². The van der Waals surface area contributed by atoms with Crippen molar-refractivity contribution >= 4 is 46.4 Å². The minimum atomic E-state index is -1.34.